The fraction of sp³-hybridized carbons (Fsp3) is 0.545. The number of rotatable bonds is 4. The Morgan fingerprint density at radius 3 is 2.76 bits per heavy atom. The fourth-order valence-corrected chi connectivity index (χ4v) is 1.42. The summed E-state index contributed by atoms with van der Waals surface area (Å²) in [6, 6.07) is 1.74. The number of hydrogen-bond acceptors (Lipinski definition) is 6. The van der Waals surface area contributed by atoms with Crippen molar-refractivity contribution in [1.29, 1.82) is 0 Å². The Labute approximate surface area is 100 Å². The summed E-state index contributed by atoms with van der Waals surface area (Å²) in [5.41, 5.74) is 0.674. The molecule has 0 aromatic carbocycles. The summed E-state index contributed by atoms with van der Waals surface area (Å²) in [6.07, 6.45) is -0.475. The summed E-state index contributed by atoms with van der Waals surface area (Å²) in [5.74, 6) is 0.0409. The zero-order valence-electron chi connectivity index (χ0n) is 10.5. The van der Waals surface area contributed by atoms with Crippen molar-refractivity contribution in [1.82, 2.24) is 9.97 Å². The molecular weight excluding hydrogens is 222 g/mol. The quantitative estimate of drug-likeness (QED) is 0.766. The van der Waals surface area contributed by atoms with E-state index in [4.69, 9.17) is 0 Å². The third-order valence-electron chi connectivity index (χ3n) is 2.14. The number of carbonyl (C=O) groups excluding carboxylic acids is 1. The zero-order valence-corrected chi connectivity index (χ0v) is 10.5. The van der Waals surface area contributed by atoms with E-state index >= 15 is 0 Å². The third-order valence-corrected chi connectivity index (χ3v) is 2.14. The van der Waals surface area contributed by atoms with E-state index in [1.165, 1.54) is 7.11 Å². The first kappa shape index (κ1) is 13.4. The predicted octanol–water partition coefficient (Wildman–Crippen LogP) is 0.389. The second-order valence-corrected chi connectivity index (χ2v) is 3.91. The molecule has 94 valence electrons. The molecule has 0 saturated heterocycles. The highest BCUT2D eigenvalue weighted by atomic mass is 16.5. The van der Waals surface area contributed by atoms with Gasteiger partial charge in [-0.3, -0.25) is 0 Å². The number of anilines is 1. The number of aliphatic hydroxyl groups excluding tert-OH is 1. The van der Waals surface area contributed by atoms with Gasteiger partial charge in [-0.1, -0.05) is 0 Å². The molecular formula is C11H17N3O3. The average Bonchev–Trinajstić information content (AvgIpc) is 2.26. The summed E-state index contributed by atoms with van der Waals surface area (Å²) in [6.45, 7) is 3.89. The minimum Gasteiger partial charge on any atom is -0.463 e. The number of methoxy groups -OCH3 is 1. The lowest BCUT2D eigenvalue weighted by molar-refractivity contribution is 0.0586. The van der Waals surface area contributed by atoms with Crippen LogP contribution in [0.5, 0.6) is 0 Å². The van der Waals surface area contributed by atoms with Gasteiger partial charge in [0.05, 0.1) is 13.2 Å². The SMILES string of the molecule is COC(=O)c1nc(C)cc(N(C)CC(C)O)n1. The molecule has 0 spiro atoms. The van der Waals surface area contributed by atoms with E-state index in [2.05, 4.69) is 14.7 Å². The molecule has 0 aliphatic carbocycles. The molecule has 1 aromatic heterocycles. The number of carbonyl (C=O) groups is 1. The number of esters is 1. The van der Waals surface area contributed by atoms with Crippen LogP contribution in [0.4, 0.5) is 5.82 Å². The van der Waals surface area contributed by atoms with Crippen LogP contribution in [-0.4, -0.2) is 47.8 Å². The Hall–Kier alpha value is -1.69. The Kier molecular flexibility index (Phi) is 4.39. The van der Waals surface area contributed by atoms with Crippen LogP contribution in [0.2, 0.25) is 0 Å². The van der Waals surface area contributed by atoms with Crippen molar-refractivity contribution in [3.63, 3.8) is 0 Å². The van der Waals surface area contributed by atoms with Crippen LogP contribution in [0, 0.1) is 6.92 Å². The molecule has 0 amide bonds. The van der Waals surface area contributed by atoms with E-state index in [1.807, 2.05) is 0 Å². The van der Waals surface area contributed by atoms with Crippen LogP contribution in [0.3, 0.4) is 0 Å². The molecule has 1 aromatic rings. The highest BCUT2D eigenvalue weighted by molar-refractivity contribution is 5.85. The molecule has 6 nitrogen and oxygen atoms in total. The lowest BCUT2D eigenvalue weighted by Gasteiger charge is -2.20. The molecule has 0 fully saturated rings. The van der Waals surface area contributed by atoms with Gasteiger partial charge in [0.25, 0.3) is 0 Å². The van der Waals surface area contributed by atoms with Gasteiger partial charge in [-0.2, -0.15) is 0 Å². The number of likely N-dealkylation sites (N-methyl/N-ethyl adjacent to an activating group) is 1. The zero-order chi connectivity index (χ0) is 13.0. The van der Waals surface area contributed by atoms with Crippen LogP contribution in [-0.2, 0) is 4.74 Å². The van der Waals surface area contributed by atoms with E-state index in [0.29, 0.717) is 18.1 Å². The highest BCUT2D eigenvalue weighted by Crippen LogP contribution is 2.11. The highest BCUT2D eigenvalue weighted by Gasteiger charge is 2.14. The van der Waals surface area contributed by atoms with Gasteiger partial charge >= 0.3 is 5.97 Å². The first-order valence-corrected chi connectivity index (χ1v) is 5.27. The molecule has 1 unspecified atom stereocenters. The summed E-state index contributed by atoms with van der Waals surface area (Å²) >= 11 is 0. The molecule has 1 rings (SSSR count). The summed E-state index contributed by atoms with van der Waals surface area (Å²) in [4.78, 5) is 21.2. The summed E-state index contributed by atoms with van der Waals surface area (Å²) in [5, 5.41) is 9.30. The van der Waals surface area contributed by atoms with Gasteiger partial charge in [0, 0.05) is 25.4 Å². The number of nitrogens with zero attached hydrogens (tertiary/aromatic N) is 3. The Morgan fingerprint density at radius 2 is 2.24 bits per heavy atom. The van der Waals surface area contributed by atoms with Crippen molar-refractivity contribution in [3.05, 3.63) is 17.6 Å². The topological polar surface area (TPSA) is 75.5 Å². The number of aliphatic hydroxyl groups is 1. The lowest BCUT2D eigenvalue weighted by atomic mass is 10.3. The summed E-state index contributed by atoms with van der Waals surface area (Å²) in [7, 11) is 3.07. The van der Waals surface area contributed by atoms with E-state index < -0.39 is 12.1 Å². The average molecular weight is 239 g/mol. The van der Waals surface area contributed by atoms with Gasteiger partial charge in [0.2, 0.25) is 5.82 Å². The lowest BCUT2D eigenvalue weighted by Crippen LogP contribution is -2.28. The molecule has 1 heterocycles. The van der Waals surface area contributed by atoms with Crippen molar-refractivity contribution in [2.45, 2.75) is 20.0 Å². The fourth-order valence-electron chi connectivity index (χ4n) is 1.42. The van der Waals surface area contributed by atoms with Crippen LogP contribution in [0.1, 0.15) is 23.2 Å². The van der Waals surface area contributed by atoms with Gasteiger partial charge in [-0.25, -0.2) is 14.8 Å². The Bertz CT molecular complexity index is 407. The number of aryl methyl sites for hydroxylation is 1. The number of hydrogen-bond donors (Lipinski definition) is 1. The van der Waals surface area contributed by atoms with Crippen molar-refractivity contribution >= 4 is 11.8 Å². The normalized spacial score (nSPS) is 12.1. The van der Waals surface area contributed by atoms with Crippen molar-refractivity contribution in [2.24, 2.45) is 0 Å². The van der Waals surface area contributed by atoms with Gasteiger partial charge in [0.1, 0.15) is 5.82 Å². The molecule has 0 aliphatic heterocycles. The third kappa shape index (κ3) is 3.67. The molecule has 6 heteroatoms. The van der Waals surface area contributed by atoms with Crippen molar-refractivity contribution in [2.75, 3.05) is 25.6 Å². The van der Waals surface area contributed by atoms with Crippen LogP contribution < -0.4 is 4.90 Å². The maximum absolute atomic E-state index is 11.3. The maximum Gasteiger partial charge on any atom is 0.376 e. The first-order valence-electron chi connectivity index (χ1n) is 5.27. The monoisotopic (exact) mass is 239 g/mol. The van der Waals surface area contributed by atoms with E-state index in [1.54, 1.807) is 31.9 Å². The second-order valence-electron chi connectivity index (χ2n) is 3.91. The predicted molar refractivity (Wildman–Crippen MR) is 63.1 cm³/mol. The molecule has 1 N–H and O–H groups in total. The molecule has 0 saturated carbocycles. The Balaban J connectivity index is 3.00. The minimum absolute atomic E-state index is 0.0277. The van der Waals surface area contributed by atoms with Crippen LogP contribution in [0.15, 0.2) is 6.07 Å². The largest absolute Gasteiger partial charge is 0.463 e. The standard InChI is InChI=1S/C11H17N3O3/c1-7-5-9(14(3)6-8(2)15)13-10(12-7)11(16)17-4/h5,8,15H,6H2,1-4H3. The maximum atomic E-state index is 11.3. The molecule has 0 aliphatic rings. The molecule has 17 heavy (non-hydrogen) atoms. The summed E-state index contributed by atoms with van der Waals surface area (Å²) < 4.78 is 4.58. The van der Waals surface area contributed by atoms with E-state index in [-0.39, 0.29) is 5.82 Å². The van der Waals surface area contributed by atoms with Gasteiger partial charge in [0.15, 0.2) is 0 Å². The van der Waals surface area contributed by atoms with Crippen molar-refractivity contribution < 1.29 is 14.6 Å². The minimum atomic E-state index is -0.569. The van der Waals surface area contributed by atoms with Gasteiger partial charge in [-0.15, -0.1) is 0 Å². The van der Waals surface area contributed by atoms with Crippen LogP contribution in [0.25, 0.3) is 0 Å². The van der Waals surface area contributed by atoms with Gasteiger partial charge in [-0.05, 0) is 13.8 Å². The molecule has 0 radical (unpaired) electrons. The van der Waals surface area contributed by atoms with Crippen LogP contribution >= 0.6 is 0 Å². The van der Waals surface area contributed by atoms with E-state index in [9.17, 15) is 9.90 Å². The first-order chi connectivity index (χ1) is 7.93. The Morgan fingerprint density at radius 1 is 1.59 bits per heavy atom. The smallest absolute Gasteiger partial charge is 0.376 e. The number of ether oxygens (including phenoxy) is 1. The van der Waals surface area contributed by atoms with E-state index in [0.717, 1.165) is 0 Å². The van der Waals surface area contributed by atoms with Crippen molar-refractivity contribution in [3.8, 4) is 0 Å². The second kappa shape index (κ2) is 5.58. The molecule has 1 atom stereocenters. The molecule has 0 bridgehead atoms. The number of aromatic nitrogens is 2. The van der Waals surface area contributed by atoms with Gasteiger partial charge < -0.3 is 14.7 Å².